The summed E-state index contributed by atoms with van der Waals surface area (Å²) in [5.74, 6) is 1.03. The van der Waals surface area contributed by atoms with Crippen molar-refractivity contribution in [3.8, 4) is 16.9 Å². The van der Waals surface area contributed by atoms with Crippen LogP contribution in [0.2, 0.25) is 0 Å². The molecule has 1 saturated heterocycles. The summed E-state index contributed by atoms with van der Waals surface area (Å²) < 4.78 is 6.50. The zero-order valence-corrected chi connectivity index (χ0v) is 21.2. The van der Waals surface area contributed by atoms with Crippen molar-refractivity contribution in [1.82, 2.24) is 4.90 Å². The molecule has 1 spiro atoms. The van der Waals surface area contributed by atoms with Gasteiger partial charge < -0.3 is 9.64 Å². The van der Waals surface area contributed by atoms with E-state index in [9.17, 15) is 9.59 Å². The largest absolute Gasteiger partial charge is 0.482 e. The molecule has 0 atom stereocenters. The van der Waals surface area contributed by atoms with Crippen LogP contribution >= 0.6 is 0 Å². The summed E-state index contributed by atoms with van der Waals surface area (Å²) in [6.07, 6.45) is 11.0. The predicted molar refractivity (Wildman–Crippen MR) is 147 cm³/mol. The van der Waals surface area contributed by atoms with Crippen LogP contribution in [-0.4, -0.2) is 35.3 Å². The number of piperidine rings is 1. The fourth-order valence-electron chi connectivity index (χ4n) is 5.91. The number of amides is 1. The highest BCUT2D eigenvalue weighted by Crippen LogP contribution is 2.39. The Bertz CT molecular complexity index is 1350. The van der Waals surface area contributed by atoms with Crippen molar-refractivity contribution in [3.63, 3.8) is 0 Å². The van der Waals surface area contributed by atoms with Crippen LogP contribution in [0.4, 0.5) is 0 Å². The number of rotatable bonds is 5. The number of aryl methyl sites for hydroxylation is 2. The summed E-state index contributed by atoms with van der Waals surface area (Å²) in [5, 5.41) is 0. The second-order valence-electron chi connectivity index (χ2n) is 10.6. The van der Waals surface area contributed by atoms with Crippen molar-refractivity contribution in [3.05, 3.63) is 95.1 Å². The van der Waals surface area contributed by atoms with Gasteiger partial charge in [-0.3, -0.25) is 9.59 Å². The summed E-state index contributed by atoms with van der Waals surface area (Å²) >= 11 is 0. The minimum Gasteiger partial charge on any atom is -0.482 e. The fraction of sp³-hybridized carbons (Fsp3) is 0.333. The van der Waals surface area contributed by atoms with Gasteiger partial charge in [0, 0.05) is 49.9 Å². The van der Waals surface area contributed by atoms with Crippen molar-refractivity contribution in [2.45, 2.75) is 57.0 Å². The number of hydrogen-bond donors (Lipinski definition) is 0. The maximum atomic E-state index is 12.9. The molecular formula is C33H33NO3. The van der Waals surface area contributed by atoms with Crippen LogP contribution in [0.15, 0.2) is 72.8 Å². The molecule has 3 aliphatic rings. The van der Waals surface area contributed by atoms with Crippen LogP contribution in [0, 0.1) is 0 Å². The molecule has 0 N–H and O–H groups in total. The SMILES string of the molecule is O=C(CCC(=O)N1CCC2(C=Cc3cc(-c4ccccc4)ccc3O2)CC1)c1ccc2c(c1)CCCC2. The highest BCUT2D eigenvalue weighted by molar-refractivity contribution is 5.98. The Kier molecular flexibility index (Phi) is 6.42. The van der Waals surface area contributed by atoms with E-state index in [4.69, 9.17) is 4.74 Å². The lowest BCUT2D eigenvalue weighted by Gasteiger charge is -2.42. The molecule has 3 aromatic rings. The minimum atomic E-state index is -0.364. The van der Waals surface area contributed by atoms with Crippen molar-refractivity contribution < 1.29 is 14.3 Å². The maximum absolute atomic E-state index is 12.9. The number of ether oxygens (including phenoxy) is 1. The van der Waals surface area contributed by atoms with Gasteiger partial charge in [0.25, 0.3) is 0 Å². The number of carbonyl (C=O) groups is 2. The lowest BCUT2D eigenvalue weighted by atomic mass is 9.87. The standard InChI is InChI=1S/C33H33NO3/c35-30(28-11-10-25-8-4-5-9-26(25)22-28)13-15-32(36)34-20-18-33(19-21-34)17-16-29-23-27(12-14-31(29)37-33)24-6-2-1-3-7-24/h1-3,6-7,10-12,14,16-17,22-23H,4-5,8-9,13,15,18-21H2. The van der Waals surface area contributed by atoms with Crippen molar-refractivity contribution in [2.24, 2.45) is 0 Å². The van der Waals surface area contributed by atoms with Gasteiger partial charge in [0.15, 0.2) is 5.78 Å². The smallest absolute Gasteiger partial charge is 0.223 e. The molecule has 3 aromatic carbocycles. The van der Waals surface area contributed by atoms with Crippen molar-refractivity contribution >= 4 is 17.8 Å². The fourth-order valence-corrected chi connectivity index (χ4v) is 5.91. The third-order valence-electron chi connectivity index (χ3n) is 8.20. The quantitative estimate of drug-likeness (QED) is 0.375. The Morgan fingerprint density at radius 1 is 0.811 bits per heavy atom. The monoisotopic (exact) mass is 491 g/mol. The first-order valence-electron chi connectivity index (χ1n) is 13.6. The number of hydrogen-bond acceptors (Lipinski definition) is 3. The number of carbonyl (C=O) groups excluding carboxylic acids is 2. The molecule has 6 rings (SSSR count). The number of benzene rings is 3. The van der Waals surface area contributed by atoms with E-state index in [0.717, 1.165) is 42.6 Å². The van der Waals surface area contributed by atoms with Gasteiger partial charge in [-0.15, -0.1) is 0 Å². The van der Waals surface area contributed by atoms with E-state index < -0.39 is 0 Å². The van der Waals surface area contributed by atoms with E-state index in [-0.39, 0.29) is 30.1 Å². The molecule has 0 aromatic heterocycles. The molecule has 0 unspecified atom stereocenters. The topological polar surface area (TPSA) is 46.6 Å². The highest BCUT2D eigenvalue weighted by atomic mass is 16.5. The molecule has 188 valence electrons. The van der Waals surface area contributed by atoms with Gasteiger partial charge in [0.2, 0.25) is 5.91 Å². The first kappa shape index (κ1) is 23.7. The first-order valence-corrected chi connectivity index (χ1v) is 13.6. The van der Waals surface area contributed by atoms with E-state index in [1.165, 1.54) is 35.1 Å². The Hall–Kier alpha value is -3.66. The van der Waals surface area contributed by atoms with Crippen LogP contribution < -0.4 is 4.74 Å². The maximum Gasteiger partial charge on any atom is 0.223 e. The number of fused-ring (bicyclic) bond motifs is 2. The van der Waals surface area contributed by atoms with Gasteiger partial charge in [-0.1, -0.05) is 54.6 Å². The van der Waals surface area contributed by atoms with Gasteiger partial charge in [-0.2, -0.15) is 0 Å². The average Bonchev–Trinajstić information content (AvgIpc) is 2.96. The molecule has 0 radical (unpaired) electrons. The first-order chi connectivity index (χ1) is 18.1. The molecule has 1 fully saturated rings. The minimum absolute atomic E-state index is 0.0638. The summed E-state index contributed by atoms with van der Waals surface area (Å²) in [4.78, 5) is 27.6. The van der Waals surface area contributed by atoms with Gasteiger partial charge >= 0.3 is 0 Å². The van der Waals surface area contributed by atoms with Crippen molar-refractivity contribution in [1.29, 1.82) is 0 Å². The van der Waals surface area contributed by atoms with Crippen LogP contribution in [0.25, 0.3) is 17.2 Å². The van der Waals surface area contributed by atoms with E-state index in [1.807, 2.05) is 17.0 Å². The zero-order chi connectivity index (χ0) is 25.2. The lowest BCUT2D eigenvalue weighted by Crippen LogP contribution is -2.49. The molecule has 2 heterocycles. The second kappa shape index (κ2) is 10.0. The molecule has 37 heavy (non-hydrogen) atoms. The molecule has 0 saturated carbocycles. The summed E-state index contributed by atoms with van der Waals surface area (Å²) in [5.41, 5.74) is 6.52. The Morgan fingerprint density at radius 2 is 1.59 bits per heavy atom. The predicted octanol–water partition coefficient (Wildman–Crippen LogP) is 6.66. The van der Waals surface area contributed by atoms with E-state index >= 15 is 0 Å². The van der Waals surface area contributed by atoms with Crippen molar-refractivity contribution in [2.75, 3.05) is 13.1 Å². The molecule has 1 aliphatic carbocycles. The lowest BCUT2D eigenvalue weighted by molar-refractivity contribution is -0.133. The third-order valence-corrected chi connectivity index (χ3v) is 8.20. The average molecular weight is 492 g/mol. The number of likely N-dealkylation sites (tertiary alicyclic amines) is 1. The zero-order valence-electron chi connectivity index (χ0n) is 21.2. The van der Waals surface area contributed by atoms with Gasteiger partial charge in [-0.05, 0) is 72.2 Å². The van der Waals surface area contributed by atoms with E-state index in [0.29, 0.717) is 13.1 Å². The van der Waals surface area contributed by atoms with Gasteiger partial charge in [0.05, 0.1) is 0 Å². The molecule has 4 nitrogen and oxygen atoms in total. The van der Waals surface area contributed by atoms with Gasteiger partial charge in [0.1, 0.15) is 11.4 Å². The van der Waals surface area contributed by atoms with Crippen LogP contribution in [0.5, 0.6) is 5.75 Å². The summed E-state index contributed by atoms with van der Waals surface area (Å²) in [6.45, 7) is 1.29. The highest BCUT2D eigenvalue weighted by Gasteiger charge is 2.38. The number of nitrogens with zero attached hydrogens (tertiary/aromatic N) is 1. The second-order valence-corrected chi connectivity index (χ2v) is 10.6. The summed E-state index contributed by atoms with van der Waals surface area (Å²) in [6, 6.07) is 22.8. The van der Waals surface area contributed by atoms with Crippen LogP contribution in [0.1, 0.15) is 65.6 Å². The Morgan fingerprint density at radius 3 is 2.41 bits per heavy atom. The van der Waals surface area contributed by atoms with E-state index in [1.54, 1.807) is 0 Å². The molecule has 2 aliphatic heterocycles. The summed E-state index contributed by atoms with van der Waals surface area (Å²) in [7, 11) is 0. The molecular weight excluding hydrogens is 458 g/mol. The molecule has 0 bridgehead atoms. The molecule has 4 heteroatoms. The number of ketones is 1. The van der Waals surface area contributed by atoms with Crippen LogP contribution in [0.3, 0.4) is 0 Å². The normalized spacial score (nSPS) is 17.6. The third kappa shape index (κ3) is 4.98. The van der Waals surface area contributed by atoms with E-state index in [2.05, 4.69) is 66.7 Å². The van der Waals surface area contributed by atoms with Crippen LogP contribution in [-0.2, 0) is 17.6 Å². The Balaban J connectivity index is 1.04. The Labute approximate surface area is 219 Å². The van der Waals surface area contributed by atoms with Gasteiger partial charge in [-0.25, -0.2) is 0 Å². The number of Topliss-reactive ketones (excluding diaryl/α,β-unsaturated/α-hetero) is 1. The molecule has 1 amide bonds.